The second-order valence-electron chi connectivity index (χ2n) is 4.65. The van der Waals surface area contributed by atoms with E-state index in [9.17, 15) is 0 Å². The average molecular weight is 189 g/mol. The van der Waals surface area contributed by atoms with Crippen LogP contribution in [0.4, 0.5) is 0 Å². The summed E-state index contributed by atoms with van der Waals surface area (Å²) >= 11 is 0. The lowest BCUT2D eigenvalue weighted by atomic mass is 9.64. The highest BCUT2D eigenvalue weighted by molar-refractivity contribution is 5.34. The third-order valence-electron chi connectivity index (χ3n) is 3.56. The van der Waals surface area contributed by atoms with Crippen molar-refractivity contribution in [2.45, 2.75) is 38.6 Å². The number of aryl methyl sites for hydroxylation is 1. The zero-order valence-corrected chi connectivity index (χ0v) is 9.09. The Morgan fingerprint density at radius 1 is 1.36 bits per heavy atom. The van der Waals surface area contributed by atoms with E-state index in [1.54, 1.807) is 0 Å². The van der Waals surface area contributed by atoms with Crippen molar-refractivity contribution in [2.75, 3.05) is 0 Å². The Morgan fingerprint density at radius 3 is 2.57 bits per heavy atom. The van der Waals surface area contributed by atoms with E-state index >= 15 is 0 Å². The summed E-state index contributed by atoms with van der Waals surface area (Å²) < 4.78 is 0. The SMILES string of the molecule is CCC1CC(N)(c2ccccc2C)C1. The number of hydrogen-bond acceptors (Lipinski definition) is 1. The molecular formula is C13H19N. The highest BCUT2D eigenvalue weighted by Crippen LogP contribution is 2.45. The van der Waals surface area contributed by atoms with Gasteiger partial charge in [0.25, 0.3) is 0 Å². The van der Waals surface area contributed by atoms with E-state index in [0.717, 1.165) is 18.8 Å². The zero-order valence-electron chi connectivity index (χ0n) is 9.09. The molecule has 1 aliphatic carbocycles. The Balaban J connectivity index is 2.21. The van der Waals surface area contributed by atoms with Crippen LogP contribution in [0.2, 0.25) is 0 Å². The molecule has 1 aliphatic rings. The Morgan fingerprint density at radius 2 is 2.00 bits per heavy atom. The highest BCUT2D eigenvalue weighted by atomic mass is 14.8. The van der Waals surface area contributed by atoms with E-state index < -0.39 is 0 Å². The number of hydrogen-bond donors (Lipinski definition) is 1. The standard InChI is InChI=1S/C13H19N/c1-3-11-8-13(14,9-11)12-7-5-4-6-10(12)2/h4-7,11H,3,8-9,14H2,1-2H3. The summed E-state index contributed by atoms with van der Waals surface area (Å²) in [7, 11) is 0. The molecule has 1 saturated carbocycles. The van der Waals surface area contributed by atoms with E-state index in [2.05, 4.69) is 38.1 Å². The predicted octanol–water partition coefficient (Wildman–Crippen LogP) is 2.97. The van der Waals surface area contributed by atoms with Gasteiger partial charge in [0.2, 0.25) is 0 Å². The molecule has 0 aliphatic heterocycles. The van der Waals surface area contributed by atoms with Crippen LogP contribution < -0.4 is 5.73 Å². The van der Waals surface area contributed by atoms with Gasteiger partial charge in [-0.05, 0) is 36.8 Å². The second kappa shape index (κ2) is 3.39. The van der Waals surface area contributed by atoms with Crippen LogP contribution in [-0.4, -0.2) is 0 Å². The summed E-state index contributed by atoms with van der Waals surface area (Å²) in [5.41, 5.74) is 9.06. The van der Waals surface area contributed by atoms with Gasteiger partial charge in [-0.1, -0.05) is 37.6 Å². The van der Waals surface area contributed by atoms with Crippen LogP contribution in [0, 0.1) is 12.8 Å². The van der Waals surface area contributed by atoms with Gasteiger partial charge in [-0.25, -0.2) is 0 Å². The van der Waals surface area contributed by atoms with E-state index in [-0.39, 0.29) is 5.54 Å². The van der Waals surface area contributed by atoms with Gasteiger partial charge < -0.3 is 5.73 Å². The molecule has 1 aromatic carbocycles. The lowest BCUT2D eigenvalue weighted by Crippen LogP contribution is -2.49. The van der Waals surface area contributed by atoms with Gasteiger partial charge >= 0.3 is 0 Å². The lowest BCUT2D eigenvalue weighted by Gasteiger charge is -2.46. The molecule has 0 amide bonds. The molecular weight excluding hydrogens is 170 g/mol. The summed E-state index contributed by atoms with van der Waals surface area (Å²) in [5, 5.41) is 0. The van der Waals surface area contributed by atoms with Gasteiger partial charge in [-0.15, -0.1) is 0 Å². The van der Waals surface area contributed by atoms with Gasteiger partial charge in [0, 0.05) is 5.54 Å². The molecule has 1 fully saturated rings. The Labute approximate surface area is 86.3 Å². The molecule has 0 unspecified atom stereocenters. The highest BCUT2D eigenvalue weighted by Gasteiger charge is 2.41. The third-order valence-corrected chi connectivity index (χ3v) is 3.56. The van der Waals surface area contributed by atoms with Crippen molar-refractivity contribution in [2.24, 2.45) is 11.7 Å². The molecule has 0 bridgehead atoms. The average Bonchev–Trinajstić information content (AvgIpc) is 2.13. The number of nitrogens with two attached hydrogens (primary N) is 1. The smallest absolute Gasteiger partial charge is 0.0417 e. The maximum atomic E-state index is 6.39. The normalized spacial score (nSPS) is 31.2. The fraction of sp³-hybridized carbons (Fsp3) is 0.538. The molecule has 1 heteroatoms. The summed E-state index contributed by atoms with van der Waals surface area (Å²) in [6, 6.07) is 8.51. The van der Waals surface area contributed by atoms with E-state index in [1.165, 1.54) is 17.5 Å². The molecule has 0 saturated heterocycles. The van der Waals surface area contributed by atoms with Crippen molar-refractivity contribution in [3.63, 3.8) is 0 Å². The van der Waals surface area contributed by atoms with Gasteiger partial charge in [0.1, 0.15) is 0 Å². The summed E-state index contributed by atoms with van der Waals surface area (Å²) in [4.78, 5) is 0. The zero-order chi connectivity index (χ0) is 10.2. The molecule has 14 heavy (non-hydrogen) atoms. The van der Waals surface area contributed by atoms with Gasteiger partial charge in [-0.3, -0.25) is 0 Å². The lowest BCUT2D eigenvalue weighted by molar-refractivity contribution is 0.143. The first-order valence-electron chi connectivity index (χ1n) is 5.50. The fourth-order valence-corrected chi connectivity index (χ4v) is 2.61. The minimum atomic E-state index is -0.0218. The fourth-order valence-electron chi connectivity index (χ4n) is 2.61. The first kappa shape index (κ1) is 9.72. The number of benzene rings is 1. The third kappa shape index (κ3) is 1.46. The summed E-state index contributed by atoms with van der Waals surface area (Å²) in [6.45, 7) is 4.41. The van der Waals surface area contributed by atoms with E-state index in [1.807, 2.05) is 0 Å². The van der Waals surface area contributed by atoms with E-state index in [0.29, 0.717) is 0 Å². The van der Waals surface area contributed by atoms with Gasteiger partial charge in [-0.2, -0.15) is 0 Å². The molecule has 2 rings (SSSR count). The van der Waals surface area contributed by atoms with Crippen molar-refractivity contribution in [1.29, 1.82) is 0 Å². The topological polar surface area (TPSA) is 26.0 Å². The van der Waals surface area contributed by atoms with Crippen LogP contribution in [0.15, 0.2) is 24.3 Å². The van der Waals surface area contributed by atoms with Crippen LogP contribution in [0.5, 0.6) is 0 Å². The van der Waals surface area contributed by atoms with Crippen molar-refractivity contribution in [1.82, 2.24) is 0 Å². The van der Waals surface area contributed by atoms with Crippen molar-refractivity contribution >= 4 is 0 Å². The van der Waals surface area contributed by atoms with Crippen LogP contribution >= 0.6 is 0 Å². The minimum Gasteiger partial charge on any atom is -0.321 e. The van der Waals surface area contributed by atoms with Crippen molar-refractivity contribution in [3.8, 4) is 0 Å². The predicted molar refractivity (Wildman–Crippen MR) is 60.1 cm³/mol. The summed E-state index contributed by atoms with van der Waals surface area (Å²) in [5.74, 6) is 0.847. The number of rotatable bonds is 2. The molecule has 0 atom stereocenters. The van der Waals surface area contributed by atoms with Crippen LogP contribution in [-0.2, 0) is 5.54 Å². The monoisotopic (exact) mass is 189 g/mol. The molecule has 0 aromatic heterocycles. The van der Waals surface area contributed by atoms with Gasteiger partial charge in [0.05, 0.1) is 0 Å². The van der Waals surface area contributed by atoms with Crippen LogP contribution in [0.25, 0.3) is 0 Å². The Bertz CT molecular complexity index is 324. The molecule has 1 aromatic rings. The Hall–Kier alpha value is -0.820. The molecule has 0 heterocycles. The van der Waals surface area contributed by atoms with Crippen LogP contribution in [0.1, 0.15) is 37.3 Å². The van der Waals surface area contributed by atoms with Crippen LogP contribution in [0.3, 0.4) is 0 Å². The first-order chi connectivity index (χ1) is 6.65. The second-order valence-corrected chi connectivity index (χ2v) is 4.65. The first-order valence-corrected chi connectivity index (χ1v) is 5.50. The minimum absolute atomic E-state index is 0.0218. The van der Waals surface area contributed by atoms with E-state index in [4.69, 9.17) is 5.73 Å². The molecule has 1 nitrogen and oxygen atoms in total. The van der Waals surface area contributed by atoms with Crippen molar-refractivity contribution in [3.05, 3.63) is 35.4 Å². The molecule has 0 radical (unpaired) electrons. The quantitative estimate of drug-likeness (QED) is 0.760. The maximum absolute atomic E-state index is 6.39. The molecule has 2 N–H and O–H groups in total. The molecule has 0 spiro atoms. The summed E-state index contributed by atoms with van der Waals surface area (Å²) in [6.07, 6.45) is 3.59. The van der Waals surface area contributed by atoms with Crippen molar-refractivity contribution < 1.29 is 0 Å². The Kier molecular flexibility index (Phi) is 2.36. The largest absolute Gasteiger partial charge is 0.321 e. The van der Waals surface area contributed by atoms with Gasteiger partial charge in [0.15, 0.2) is 0 Å². The maximum Gasteiger partial charge on any atom is 0.0417 e. The molecule has 76 valence electrons.